The van der Waals surface area contributed by atoms with Crippen molar-refractivity contribution in [1.29, 1.82) is 0 Å². The van der Waals surface area contributed by atoms with E-state index in [1.54, 1.807) is 19.1 Å². The third-order valence-electron chi connectivity index (χ3n) is 2.43. The molecule has 4 nitrogen and oxygen atoms in total. The van der Waals surface area contributed by atoms with E-state index in [-0.39, 0.29) is 17.1 Å². The second kappa shape index (κ2) is 4.37. The van der Waals surface area contributed by atoms with Gasteiger partial charge in [-0.3, -0.25) is 0 Å². The van der Waals surface area contributed by atoms with Gasteiger partial charge in [0.05, 0.1) is 0 Å². The number of carboxylic acid groups (broad SMARTS) is 1. The molecular weight excluding hydrogens is 225 g/mol. The molecule has 1 aromatic heterocycles. The molecule has 0 saturated carbocycles. The molecule has 0 atom stereocenters. The van der Waals surface area contributed by atoms with E-state index in [9.17, 15) is 9.18 Å². The predicted octanol–water partition coefficient (Wildman–Crippen LogP) is 2.41. The van der Waals surface area contributed by atoms with Crippen LogP contribution in [0.2, 0.25) is 0 Å². The zero-order valence-corrected chi connectivity index (χ0v) is 9.11. The van der Waals surface area contributed by atoms with Crippen LogP contribution in [0.15, 0.2) is 28.8 Å². The minimum absolute atomic E-state index is 0.0781. The first-order chi connectivity index (χ1) is 8.08. The topological polar surface area (TPSA) is 63.3 Å². The van der Waals surface area contributed by atoms with Crippen LogP contribution in [-0.2, 0) is 6.42 Å². The largest absolute Gasteiger partial charge is 0.477 e. The highest BCUT2D eigenvalue weighted by Gasteiger charge is 2.19. The van der Waals surface area contributed by atoms with Crippen molar-refractivity contribution < 1.29 is 18.8 Å². The molecule has 0 aliphatic rings. The molecule has 0 unspecified atom stereocenters. The van der Waals surface area contributed by atoms with Crippen LogP contribution in [0.25, 0.3) is 0 Å². The molecule has 0 aliphatic heterocycles. The van der Waals surface area contributed by atoms with Crippen molar-refractivity contribution in [2.75, 3.05) is 0 Å². The van der Waals surface area contributed by atoms with Crippen molar-refractivity contribution in [2.45, 2.75) is 13.3 Å². The van der Waals surface area contributed by atoms with Gasteiger partial charge in [0.2, 0.25) is 0 Å². The Hall–Kier alpha value is -2.17. The van der Waals surface area contributed by atoms with E-state index >= 15 is 0 Å². The van der Waals surface area contributed by atoms with Gasteiger partial charge in [0.25, 0.3) is 0 Å². The number of halogens is 1. The smallest absolute Gasteiger partial charge is 0.341 e. The molecule has 2 aromatic rings. The summed E-state index contributed by atoms with van der Waals surface area (Å²) in [5.74, 6) is -1.13. The number of nitrogens with zero attached hydrogens (tertiary/aromatic N) is 1. The van der Waals surface area contributed by atoms with Gasteiger partial charge >= 0.3 is 5.97 Å². The summed E-state index contributed by atoms with van der Waals surface area (Å²) in [6, 6.07) is 5.82. The Kier molecular flexibility index (Phi) is 2.91. The number of hydrogen-bond donors (Lipinski definition) is 1. The summed E-state index contributed by atoms with van der Waals surface area (Å²) in [5.41, 5.74) is 1.21. The lowest BCUT2D eigenvalue weighted by molar-refractivity contribution is 0.0694. The first-order valence-corrected chi connectivity index (χ1v) is 5.01. The minimum atomic E-state index is -1.07. The molecule has 88 valence electrons. The lowest BCUT2D eigenvalue weighted by Gasteiger charge is -1.99. The molecule has 0 fully saturated rings. The molecule has 0 saturated heterocycles. The molecular formula is C12H10FNO3. The van der Waals surface area contributed by atoms with Crippen LogP contribution in [0.5, 0.6) is 0 Å². The number of carboxylic acids is 1. The van der Waals surface area contributed by atoms with Gasteiger partial charge in [-0.1, -0.05) is 17.3 Å². The van der Waals surface area contributed by atoms with Gasteiger partial charge in [0.1, 0.15) is 22.8 Å². The molecule has 0 aliphatic carbocycles. The Bertz CT molecular complexity index is 545. The summed E-state index contributed by atoms with van der Waals surface area (Å²) in [6.45, 7) is 1.55. The summed E-state index contributed by atoms with van der Waals surface area (Å²) < 4.78 is 17.6. The van der Waals surface area contributed by atoms with Crippen molar-refractivity contribution >= 4 is 5.97 Å². The summed E-state index contributed by atoms with van der Waals surface area (Å²) in [4.78, 5) is 11.0. The van der Waals surface area contributed by atoms with E-state index < -0.39 is 5.97 Å². The molecule has 0 radical (unpaired) electrons. The number of aromatic nitrogens is 1. The standard InChI is InChI=1S/C12H10FNO3/c1-7-11(12(15)16)10(14-17-7)6-8-2-4-9(13)5-3-8/h2-5H,6H2,1H3,(H,15,16). The van der Waals surface area contributed by atoms with E-state index in [0.29, 0.717) is 12.1 Å². The third kappa shape index (κ3) is 2.33. The Balaban J connectivity index is 2.30. The van der Waals surface area contributed by atoms with Crippen LogP contribution < -0.4 is 0 Å². The van der Waals surface area contributed by atoms with Gasteiger partial charge in [0, 0.05) is 6.42 Å². The number of carbonyl (C=O) groups is 1. The van der Waals surface area contributed by atoms with E-state index in [4.69, 9.17) is 9.63 Å². The molecule has 1 N–H and O–H groups in total. The van der Waals surface area contributed by atoms with E-state index in [1.165, 1.54) is 12.1 Å². The lowest BCUT2D eigenvalue weighted by atomic mass is 10.1. The molecule has 1 aromatic carbocycles. The Morgan fingerprint density at radius 2 is 2.06 bits per heavy atom. The van der Waals surface area contributed by atoms with Gasteiger partial charge in [-0.25, -0.2) is 9.18 Å². The number of benzene rings is 1. The van der Waals surface area contributed by atoms with Crippen LogP contribution in [-0.4, -0.2) is 16.2 Å². The fraction of sp³-hybridized carbons (Fsp3) is 0.167. The van der Waals surface area contributed by atoms with Crippen molar-refractivity contribution in [2.24, 2.45) is 0 Å². The first-order valence-electron chi connectivity index (χ1n) is 5.01. The highest BCUT2D eigenvalue weighted by molar-refractivity contribution is 5.89. The van der Waals surface area contributed by atoms with E-state index in [0.717, 1.165) is 5.56 Å². The van der Waals surface area contributed by atoms with Gasteiger partial charge < -0.3 is 9.63 Å². The van der Waals surface area contributed by atoms with Crippen LogP contribution in [0.4, 0.5) is 4.39 Å². The normalized spacial score (nSPS) is 10.5. The Labute approximate surface area is 96.7 Å². The summed E-state index contributed by atoms with van der Waals surface area (Å²) in [7, 11) is 0. The molecule has 17 heavy (non-hydrogen) atoms. The van der Waals surface area contributed by atoms with Gasteiger partial charge in [-0.15, -0.1) is 0 Å². The fourth-order valence-corrected chi connectivity index (χ4v) is 1.61. The van der Waals surface area contributed by atoms with Crippen LogP contribution in [0.3, 0.4) is 0 Å². The van der Waals surface area contributed by atoms with Crippen molar-refractivity contribution in [3.05, 3.63) is 52.7 Å². The minimum Gasteiger partial charge on any atom is -0.477 e. The average Bonchev–Trinajstić information content (AvgIpc) is 2.63. The van der Waals surface area contributed by atoms with Gasteiger partial charge in [-0.05, 0) is 24.6 Å². The molecule has 0 amide bonds. The van der Waals surface area contributed by atoms with Gasteiger partial charge in [-0.2, -0.15) is 0 Å². The second-order valence-corrected chi connectivity index (χ2v) is 3.67. The SMILES string of the molecule is Cc1onc(Cc2ccc(F)cc2)c1C(=O)O. The van der Waals surface area contributed by atoms with Crippen molar-refractivity contribution in [3.8, 4) is 0 Å². The van der Waals surface area contributed by atoms with Crippen LogP contribution in [0, 0.1) is 12.7 Å². The van der Waals surface area contributed by atoms with E-state index in [1.807, 2.05) is 0 Å². The average molecular weight is 235 g/mol. The number of hydrogen-bond acceptors (Lipinski definition) is 3. The third-order valence-corrected chi connectivity index (χ3v) is 2.43. The summed E-state index contributed by atoms with van der Waals surface area (Å²) >= 11 is 0. The monoisotopic (exact) mass is 235 g/mol. The number of aromatic carboxylic acids is 1. The van der Waals surface area contributed by atoms with Crippen LogP contribution in [0.1, 0.15) is 27.4 Å². The Morgan fingerprint density at radius 1 is 1.41 bits per heavy atom. The van der Waals surface area contributed by atoms with Gasteiger partial charge in [0.15, 0.2) is 0 Å². The lowest BCUT2D eigenvalue weighted by Crippen LogP contribution is -2.02. The zero-order valence-electron chi connectivity index (χ0n) is 9.11. The van der Waals surface area contributed by atoms with E-state index in [2.05, 4.69) is 5.16 Å². The quantitative estimate of drug-likeness (QED) is 0.887. The fourth-order valence-electron chi connectivity index (χ4n) is 1.61. The number of rotatable bonds is 3. The molecule has 5 heteroatoms. The summed E-state index contributed by atoms with van der Waals surface area (Å²) in [5, 5.41) is 12.7. The summed E-state index contributed by atoms with van der Waals surface area (Å²) in [6.07, 6.45) is 0.305. The predicted molar refractivity (Wildman–Crippen MR) is 57.4 cm³/mol. The maximum Gasteiger partial charge on any atom is 0.341 e. The molecule has 0 bridgehead atoms. The molecule has 0 spiro atoms. The first kappa shape index (κ1) is 11.3. The number of aryl methyl sites for hydroxylation is 1. The highest BCUT2D eigenvalue weighted by atomic mass is 19.1. The Morgan fingerprint density at radius 3 is 2.65 bits per heavy atom. The van der Waals surface area contributed by atoms with Crippen molar-refractivity contribution in [1.82, 2.24) is 5.16 Å². The van der Waals surface area contributed by atoms with Crippen LogP contribution >= 0.6 is 0 Å². The zero-order chi connectivity index (χ0) is 12.4. The highest BCUT2D eigenvalue weighted by Crippen LogP contribution is 2.17. The van der Waals surface area contributed by atoms with Crippen molar-refractivity contribution in [3.63, 3.8) is 0 Å². The second-order valence-electron chi connectivity index (χ2n) is 3.67. The molecule has 1 heterocycles. The maximum absolute atomic E-state index is 12.7. The maximum atomic E-state index is 12.7. The molecule has 2 rings (SSSR count).